The molecule has 1 aromatic rings. The summed E-state index contributed by atoms with van der Waals surface area (Å²) in [5.41, 5.74) is 2.33. The van der Waals surface area contributed by atoms with E-state index in [1.54, 1.807) is 6.92 Å². The minimum atomic E-state index is -0.333. The van der Waals surface area contributed by atoms with Gasteiger partial charge >= 0.3 is 5.97 Å². The maximum absolute atomic E-state index is 12.2. The summed E-state index contributed by atoms with van der Waals surface area (Å²) in [7, 11) is 0. The largest absolute Gasteiger partial charge is 0.463 e. The smallest absolute Gasteiger partial charge is 0.338 e. The molecule has 1 heterocycles. The molecule has 0 aliphatic carbocycles. The number of nitrogens with one attached hydrogen (secondary N) is 1. The molecule has 1 aliphatic rings. The molecule has 1 aromatic carbocycles. The van der Waals surface area contributed by atoms with E-state index in [1.807, 2.05) is 37.4 Å². The Morgan fingerprint density at radius 1 is 1.41 bits per heavy atom. The second-order valence-electron chi connectivity index (χ2n) is 4.48. The second kappa shape index (κ2) is 8.93. The van der Waals surface area contributed by atoms with Gasteiger partial charge in [-0.3, -0.25) is 0 Å². The fourth-order valence-corrected chi connectivity index (χ4v) is 2.84. The fourth-order valence-electron chi connectivity index (χ4n) is 2.11. The summed E-state index contributed by atoms with van der Waals surface area (Å²) < 4.78 is 6.17. The molecule has 0 fully saturated rings. The Hall–Kier alpha value is -0.540. The van der Waals surface area contributed by atoms with Gasteiger partial charge in [-0.25, -0.2) is 9.79 Å². The molecule has 1 N–H and O–H groups in total. The van der Waals surface area contributed by atoms with Gasteiger partial charge in [0.25, 0.3) is 0 Å². The Morgan fingerprint density at radius 2 is 2.05 bits per heavy atom. The first-order chi connectivity index (χ1) is 10.1. The standard InChI is InChI=1S/C15H17BrN2O2S.HI/c1-4-20-14(19)12-9(2)17-15(21-3)18-13(12)10-5-7-11(16)8-6-10;/h5-8,13H,4H2,1-3H3,(H,17,18);1H. The molecule has 0 radical (unpaired) electrons. The van der Waals surface area contributed by atoms with Gasteiger partial charge in [-0.2, -0.15) is 0 Å². The summed E-state index contributed by atoms with van der Waals surface area (Å²) >= 11 is 4.94. The SMILES string of the molecule is CCOC(=O)C1=C(C)NC(SC)=NC1c1ccc(Br)cc1.I. The van der Waals surface area contributed by atoms with Crippen molar-refractivity contribution in [3.05, 3.63) is 45.6 Å². The average Bonchev–Trinajstić information content (AvgIpc) is 2.47. The van der Waals surface area contributed by atoms with Crippen molar-refractivity contribution < 1.29 is 9.53 Å². The molecular formula is C15H18BrIN2O2S. The normalized spacial score (nSPS) is 17.3. The van der Waals surface area contributed by atoms with Crippen molar-refractivity contribution >= 4 is 62.8 Å². The number of carbonyl (C=O) groups is 1. The van der Waals surface area contributed by atoms with Crippen LogP contribution in [-0.2, 0) is 9.53 Å². The third-order valence-electron chi connectivity index (χ3n) is 3.09. The zero-order chi connectivity index (χ0) is 15.4. The van der Waals surface area contributed by atoms with E-state index in [4.69, 9.17) is 4.74 Å². The van der Waals surface area contributed by atoms with Crippen LogP contribution in [0, 0.1) is 0 Å². The van der Waals surface area contributed by atoms with Gasteiger partial charge in [0.05, 0.1) is 12.2 Å². The monoisotopic (exact) mass is 496 g/mol. The minimum absolute atomic E-state index is 0. The van der Waals surface area contributed by atoms with E-state index < -0.39 is 0 Å². The van der Waals surface area contributed by atoms with Crippen LogP contribution in [0.2, 0.25) is 0 Å². The van der Waals surface area contributed by atoms with E-state index in [9.17, 15) is 4.79 Å². The number of hydrogen-bond acceptors (Lipinski definition) is 5. The Labute approximate surface area is 160 Å². The maximum atomic E-state index is 12.2. The van der Waals surface area contributed by atoms with E-state index in [1.165, 1.54) is 11.8 Å². The highest BCUT2D eigenvalue weighted by Crippen LogP contribution is 2.33. The Kier molecular flexibility index (Phi) is 7.92. The lowest BCUT2D eigenvalue weighted by molar-refractivity contribution is -0.138. The van der Waals surface area contributed by atoms with Crippen LogP contribution < -0.4 is 5.32 Å². The van der Waals surface area contributed by atoms with Gasteiger partial charge in [0.2, 0.25) is 0 Å². The number of thioether (sulfide) groups is 1. The lowest BCUT2D eigenvalue weighted by Gasteiger charge is -2.25. The lowest BCUT2D eigenvalue weighted by Crippen LogP contribution is -2.30. The Bertz CT molecular complexity index is 602. The predicted octanol–water partition coefficient (Wildman–Crippen LogP) is 4.27. The number of halogens is 2. The van der Waals surface area contributed by atoms with Crippen molar-refractivity contribution in [3.8, 4) is 0 Å². The molecule has 1 atom stereocenters. The number of benzene rings is 1. The molecule has 0 saturated carbocycles. The first-order valence-corrected chi connectivity index (χ1v) is 8.60. The number of esters is 1. The predicted molar refractivity (Wildman–Crippen MR) is 106 cm³/mol. The van der Waals surface area contributed by atoms with Gasteiger partial charge in [-0.1, -0.05) is 39.8 Å². The van der Waals surface area contributed by atoms with Crippen LogP contribution in [-0.4, -0.2) is 24.0 Å². The van der Waals surface area contributed by atoms with Crippen molar-refractivity contribution in [2.24, 2.45) is 4.99 Å². The van der Waals surface area contributed by atoms with Gasteiger partial charge in [-0.15, -0.1) is 24.0 Å². The average molecular weight is 497 g/mol. The highest BCUT2D eigenvalue weighted by Gasteiger charge is 2.29. The highest BCUT2D eigenvalue weighted by molar-refractivity contribution is 14.0. The molecule has 1 aliphatic heterocycles. The van der Waals surface area contributed by atoms with E-state index in [0.717, 1.165) is 20.9 Å². The quantitative estimate of drug-likeness (QED) is 0.501. The molecule has 0 spiro atoms. The van der Waals surface area contributed by atoms with Crippen LogP contribution in [0.15, 0.2) is 45.0 Å². The van der Waals surface area contributed by atoms with Gasteiger partial charge in [0.1, 0.15) is 6.04 Å². The number of allylic oxidation sites excluding steroid dienone is 1. The Morgan fingerprint density at radius 3 is 2.59 bits per heavy atom. The highest BCUT2D eigenvalue weighted by atomic mass is 127. The number of rotatable bonds is 3. The number of ether oxygens (including phenoxy) is 1. The summed E-state index contributed by atoms with van der Waals surface area (Å²) in [5.74, 6) is -0.320. The van der Waals surface area contributed by atoms with Crippen LogP contribution in [0.25, 0.3) is 0 Å². The first kappa shape index (κ1) is 19.5. The molecule has 0 saturated heterocycles. The van der Waals surface area contributed by atoms with Gasteiger partial charge in [-0.05, 0) is 37.8 Å². The third kappa shape index (κ3) is 4.48. The summed E-state index contributed by atoms with van der Waals surface area (Å²) in [4.78, 5) is 16.9. The number of amidine groups is 1. The van der Waals surface area contributed by atoms with Crippen molar-refractivity contribution in [2.45, 2.75) is 19.9 Å². The van der Waals surface area contributed by atoms with Crippen molar-refractivity contribution in [1.82, 2.24) is 5.32 Å². The number of nitrogens with zero attached hydrogens (tertiary/aromatic N) is 1. The molecular weight excluding hydrogens is 479 g/mol. The minimum Gasteiger partial charge on any atom is -0.463 e. The number of carbonyl (C=O) groups excluding carboxylic acids is 1. The first-order valence-electron chi connectivity index (χ1n) is 6.59. The van der Waals surface area contributed by atoms with Crippen LogP contribution >= 0.6 is 51.7 Å². The molecule has 120 valence electrons. The van der Waals surface area contributed by atoms with Gasteiger partial charge in [0, 0.05) is 10.2 Å². The van der Waals surface area contributed by atoms with Crippen molar-refractivity contribution in [1.29, 1.82) is 0 Å². The molecule has 0 amide bonds. The fraction of sp³-hybridized carbons (Fsp3) is 0.333. The molecule has 0 bridgehead atoms. The van der Waals surface area contributed by atoms with E-state index in [2.05, 4.69) is 26.2 Å². The van der Waals surface area contributed by atoms with Gasteiger partial charge in [0.15, 0.2) is 5.17 Å². The molecule has 0 aromatic heterocycles. The van der Waals surface area contributed by atoms with E-state index in [-0.39, 0.29) is 36.0 Å². The van der Waals surface area contributed by atoms with Crippen molar-refractivity contribution in [2.75, 3.05) is 12.9 Å². The number of aliphatic imine (C=N–C) groups is 1. The van der Waals surface area contributed by atoms with E-state index >= 15 is 0 Å². The number of hydrogen-bond donors (Lipinski definition) is 1. The van der Waals surface area contributed by atoms with Crippen LogP contribution in [0.4, 0.5) is 0 Å². The molecule has 2 rings (SSSR count). The van der Waals surface area contributed by atoms with Crippen LogP contribution in [0.1, 0.15) is 25.5 Å². The molecule has 1 unspecified atom stereocenters. The topological polar surface area (TPSA) is 50.7 Å². The third-order valence-corrected chi connectivity index (χ3v) is 4.22. The molecule has 4 nitrogen and oxygen atoms in total. The maximum Gasteiger partial charge on any atom is 0.338 e. The summed E-state index contributed by atoms with van der Waals surface area (Å²) in [5, 5.41) is 3.95. The van der Waals surface area contributed by atoms with Crippen molar-refractivity contribution in [3.63, 3.8) is 0 Å². The van der Waals surface area contributed by atoms with Crippen LogP contribution in [0.3, 0.4) is 0 Å². The zero-order valence-corrected chi connectivity index (χ0v) is 17.3. The summed E-state index contributed by atoms with van der Waals surface area (Å²) in [6.07, 6.45) is 1.95. The zero-order valence-electron chi connectivity index (χ0n) is 12.6. The lowest BCUT2D eigenvalue weighted by atomic mass is 9.97. The second-order valence-corrected chi connectivity index (χ2v) is 6.19. The van der Waals surface area contributed by atoms with Gasteiger partial charge < -0.3 is 10.1 Å². The Balaban J connectivity index is 0.00000242. The van der Waals surface area contributed by atoms with E-state index in [0.29, 0.717) is 12.2 Å². The molecule has 7 heteroatoms. The van der Waals surface area contributed by atoms with Crippen LogP contribution in [0.5, 0.6) is 0 Å². The molecule has 22 heavy (non-hydrogen) atoms. The summed E-state index contributed by atoms with van der Waals surface area (Å²) in [6, 6.07) is 7.50. The summed E-state index contributed by atoms with van der Waals surface area (Å²) in [6.45, 7) is 4.03.